The predicted octanol–water partition coefficient (Wildman–Crippen LogP) is 6.93. The number of alkyl halides is 3. The van der Waals surface area contributed by atoms with Gasteiger partial charge in [0.15, 0.2) is 14.7 Å². The van der Waals surface area contributed by atoms with Crippen LogP contribution >= 0.6 is 11.8 Å². The summed E-state index contributed by atoms with van der Waals surface area (Å²) in [5.74, 6) is 1.15. The smallest absolute Gasteiger partial charge is 0.416 e. The summed E-state index contributed by atoms with van der Waals surface area (Å²) in [6.07, 6.45) is 7.60. The maximum Gasteiger partial charge on any atom is 0.416 e. The highest BCUT2D eigenvalue weighted by Crippen LogP contribution is 2.45. The number of halogens is 3. The van der Waals surface area contributed by atoms with Crippen molar-refractivity contribution >= 4 is 21.6 Å². The van der Waals surface area contributed by atoms with Gasteiger partial charge in [0.1, 0.15) is 12.4 Å². The SMILES string of the molecule is CCCCCCCCCCCCS(=O)(=O)CCOc1ccc(CCC2(C(F)(F)F)NCCS2)cc1. The molecule has 0 spiro atoms. The van der Waals surface area contributed by atoms with Crippen molar-refractivity contribution in [2.75, 3.05) is 30.4 Å². The minimum Gasteiger partial charge on any atom is -0.493 e. The molecular formula is C26H42F3NO3S2. The molecule has 0 aromatic heterocycles. The van der Waals surface area contributed by atoms with E-state index in [0.717, 1.165) is 30.2 Å². The molecule has 1 saturated heterocycles. The number of thioether (sulfide) groups is 1. The van der Waals surface area contributed by atoms with Crippen molar-refractivity contribution < 1.29 is 26.3 Å². The molecule has 1 heterocycles. The summed E-state index contributed by atoms with van der Waals surface area (Å²) in [6, 6.07) is 6.88. The van der Waals surface area contributed by atoms with Crippen LogP contribution in [0.15, 0.2) is 24.3 Å². The molecule has 4 nitrogen and oxygen atoms in total. The highest BCUT2D eigenvalue weighted by molar-refractivity contribution is 8.01. The van der Waals surface area contributed by atoms with Crippen LogP contribution in [0.1, 0.15) is 83.1 Å². The van der Waals surface area contributed by atoms with Crippen LogP contribution in [-0.2, 0) is 16.3 Å². The van der Waals surface area contributed by atoms with Crippen LogP contribution in [0.4, 0.5) is 13.2 Å². The molecule has 1 unspecified atom stereocenters. The van der Waals surface area contributed by atoms with Gasteiger partial charge in [0.2, 0.25) is 0 Å². The van der Waals surface area contributed by atoms with Crippen molar-refractivity contribution in [1.82, 2.24) is 5.32 Å². The van der Waals surface area contributed by atoms with Crippen LogP contribution in [0.2, 0.25) is 0 Å². The van der Waals surface area contributed by atoms with E-state index >= 15 is 0 Å². The van der Waals surface area contributed by atoms with Gasteiger partial charge < -0.3 is 4.74 Å². The summed E-state index contributed by atoms with van der Waals surface area (Å²) < 4.78 is 70.5. The van der Waals surface area contributed by atoms with E-state index in [2.05, 4.69) is 12.2 Å². The molecule has 1 aliphatic rings. The largest absolute Gasteiger partial charge is 0.493 e. The first-order valence-corrected chi connectivity index (χ1v) is 15.9. The number of unbranched alkanes of at least 4 members (excludes halogenated alkanes) is 9. The van der Waals surface area contributed by atoms with Gasteiger partial charge in [0, 0.05) is 12.3 Å². The third-order valence-corrected chi connectivity index (χ3v) is 9.66. The molecular weight excluding hydrogens is 495 g/mol. The lowest BCUT2D eigenvalue weighted by atomic mass is 10.0. The monoisotopic (exact) mass is 537 g/mol. The molecule has 0 aliphatic carbocycles. The zero-order chi connectivity index (χ0) is 25.6. The van der Waals surface area contributed by atoms with E-state index in [9.17, 15) is 21.6 Å². The van der Waals surface area contributed by atoms with E-state index in [4.69, 9.17) is 4.74 Å². The summed E-state index contributed by atoms with van der Waals surface area (Å²) >= 11 is 0.928. The van der Waals surface area contributed by atoms with Gasteiger partial charge in [0.25, 0.3) is 0 Å². The highest BCUT2D eigenvalue weighted by Gasteiger charge is 2.56. The van der Waals surface area contributed by atoms with Gasteiger partial charge in [-0.15, -0.1) is 11.8 Å². The third-order valence-electron chi connectivity index (χ3n) is 6.48. The Morgan fingerprint density at radius 2 is 1.54 bits per heavy atom. The minimum absolute atomic E-state index is 0.0246. The van der Waals surface area contributed by atoms with Gasteiger partial charge in [-0.1, -0.05) is 76.8 Å². The Kier molecular flexibility index (Phi) is 13.3. The molecule has 202 valence electrons. The van der Waals surface area contributed by atoms with Crippen LogP contribution < -0.4 is 10.1 Å². The van der Waals surface area contributed by atoms with E-state index < -0.39 is 20.9 Å². The summed E-state index contributed by atoms with van der Waals surface area (Å²) in [7, 11) is -3.15. The Morgan fingerprint density at radius 1 is 0.943 bits per heavy atom. The Labute approximate surface area is 214 Å². The first-order chi connectivity index (χ1) is 16.7. The summed E-state index contributed by atoms with van der Waals surface area (Å²) in [5, 5.41) is 2.63. The van der Waals surface area contributed by atoms with Crippen molar-refractivity contribution in [2.45, 2.75) is 95.0 Å². The molecule has 35 heavy (non-hydrogen) atoms. The second kappa shape index (κ2) is 15.4. The summed E-state index contributed by atoms with van der Waals surface area (Å²) in [6.45, 7) is 2.66. The normalized spacial score (nSPS) is 18.7. The average molecular weight is 538 g/mol. The molecule has 1 aromatic rings. The molecule has 0 bridgehead atoms. The first-order valence-electron chi connectivity index (χ1n) is 13.1. The van der Waals surface area contributed by atoms with E-state index in [1.165, 1.54) is 44.9 Å². The summed E-state index contributed by atoms with van der Waals surface area (Å²) in [4.78, 5) is -1.87. The van der Waals surface area contributed by atoms with E-state index in [1.807, 2.05) is 0 Å². The van der Waals surface area contributed by atoms with Gasteiger partial charge in [-0.2, -0.15) is 13.2 Å². The molecule has 0 radical (unpaired) electrons. The van der Waals surface area contributed by atoms with E-state index in [-0.39, 0.29) is 24.5 Å². The third kappa shape index (κ3) is 11.3. The standard InChI is InChI=1S/C26H42F3NO3S2/c1-2-3-4-5-6-7-8-9-10-11-21-35(31,32)22-19-33-24-14-12-23(13-15-24)16-17-25(26(27,28)29)30-18-20-34-25/h12-15,30H,2-11,16-22H2,1H3. The number of aryl methyl sites for hydroxylation is 1. The lowest BCUT2D eigenvalue weighted by Crippen LogP contribution is -2.50. The van der Waals surface area contributed by atoms with Gasteiger partial charge in [-0.05, 0) is 37.0 Å². The lowest BCUT2D eigenvalue weighted by Gasteiger charge is -2.31. The summed E-state index contributed by atoms with van der Waals surface area (Å²) in [5.41, 5.74) is 0.795. The number of hydrogen-bond donors (Lipinski definition) is 1. The molecule has 2 rings (SSSR count). The van der Waals surface area contributed by atoms with E-state index in [0.29, 0.717) is 30.9 Å². The number of sulfone groups is 1. The quantitative estimate of drug-likeness (QED) is 0.206. The number of hydrogen-bond acceptors (Lipinski definition) is 5. The maximum absolute atomic E-state index is 13.5. The van der Waals surface area contributed by atoms with Crippen molar-refractivity contribution in [3.8, 4) is 5.75 Å². The fourth-order valence-electron chi connectivity index (χ4n) is 4.28. The topological polar surface area (TPSA) is 55.4 Å². The van der Waals surface area contributed by atoms with Gasteiger partial charge in [-0.3, -0.25) is 5.32 Å². The van der Waals surface area contributed by atoms with Crippen LogP contribution in [0.5, 0.6) is 5.75 Å². The Morgan fingerprint density at radius 3 is 2.09 bits per heavy atom. The van der Waals surface area contributed by atoms with Gasteiger partial charge >= 0.3 is 6.18 Å². The van der Waals surface area contributed by atoms with Gasteiger partial charge in [-0.25, -0.2) is 8.42 Å². The highest BCUT2D eigenvalue weighted by atomic mass is 32.2. The second-order valence-corrected chi connectivity index (χ2v) is 13.1. The van der Waals surface area contributed by atoms with Gasteiger partial charge in [0.05, 0.1) is 11.5 Å². The number of rotatable bonds is 18. The molecule has 9 heteroatoms. The molecule has 0 saturated carbocycles. The Bertz CT molecular complexity index is 808. The predicted molar refractivity (Wildman–Crippen MR) is 140 cm³/mol. The second-order valence-electron chi connectivity index (χ2n) is 9.43. The van der Waals surface area contributed by atoms with Crippen molar-refractivity contribution in [3.63, 3.8) is 0 Å². The van der Waals surface area contributed by atoms with Crippen molar-refractivity contribution in [2.24, 2.45) is 0 Å². The molecule has 1 fully saturated rings. The molecule has 1 atom stereocenters. The molecule has 0 amide bonds. The van der Waals surface area contributed by atoms with E-state index in [1.54, 1.807) is 24.3 Å². The zero-order valence-electron chi connectivity index (χ0n) is 21.0. The Hall–Kier alpha value is -0.930. The number of nitrogens with one attached hydrogen (secondary N) is 1. The number of ether oxygens (including phenoxy) is 1. The first kappa shape index (κ1) is 30.3. The minimum atomic E-state index is -4.30. The maximum atomic E-state index is 13.5. The molecule has 1 N–H and O–H groups in total. The van der Waals surface area contributed by atoms with Crippen LogP contribution in [0.3, 0.4) is 0 Å². The van der Waals surface area contributed by atoms with Crippen LogP contribution in [-0.4, -0.2) is 49.9 Å². The average Bonchev–Trinajstić information content (AvgIpc) is 3.30. The van der Waals surface area contributed by atoms with Crippen molar-refractivity contribution in [1.29, 1.82) is 0 Å². The molecule has 1 aliphatic heterocycles. The Balaban J connectivity index is 1.60. The number of benzene rings is 1. The lowest BCUT2D eigenvalue weighted by molar-refractivity contribution is -0.166. The fourth-order valence-corrected chi connectivity index (χ4v) is 6.64. The zero-order valence-corrected chi connectivity index (χ0v) is 22.6. The fraction of sp³-hybridized carbons (Fsp3) is 0.769. The van der Waals surface area contributed by atoms with Crippen LogP contribution in [0.25, 0.3) is 0 Å². The van der Waals surface area contributed by atoms with Crippen molar-refractivity contribution in [3.05, 3.63) is 29.8 Å². The molecule has 1 aromatic carbocycles. The van der Waals surface area contributed by atoms with Crippen LogP contribution in [0, 0.1) is 0 Å².